The first-order valence-corrected chi connectivity index (χ1v) is 8.30. The largest absolute Gasteiger partial charge is 0.376 e. The van der Waals surface area contributed by atoms with Gasteiger partial charge >= 0.3 is 0 Å². The van der Waals surface area contributed by atoms with Crippen LogP contribution < -0.4 is 10.2 Å². The van der Waals surface area contributed by atoms with Crippen LogP contribution in [0.25, 0.3) is 0 Å². The lowest BCUT2D eigenvalue weighted by Gasteiger charge is -2.20. The number of amides is 2. The highest BCUT2D eigenvalue weighted by Gasteiger charge is 2.43. The molecule has 0 aromatic heterocycles. The fraction of sp³-hybridized carbons (Fsp3) is 0.556. The normalized spacial score (nSPS) is 22.3. The minimum absolute atomic E-state index is 0.0320. The number of carbonyl (C=O) groups is 2. The maximum atomic E-state index is 12.6. The molecule has 2 amide bonds. The molecular weight excluding hydrogens is 292 g/mol. The Kier molecular flexibility index (Phi) is 4.39. The Balaban J connectivity index is 1.57. The van der Waals surface area contributed by atoms with E-state index in [1.807, 2.05) is 38.1 Å². The molecule has 0 spiro atoms. The van der Waals surface area contributed by atoms with Gasteiger partial charge in [-0.1, -0.05) is 18.2 Å². The molecule has 0 saturated carbocycles. The minimum Gasteiger partial charge on any atom is -0.376 e. The summed E-state index contributed by atoms with van der Waals surface area (Å²) >= 11 is 0. The number of fused-ring (bicyclic) bond motifs is 1. The Hall–Kier alpha value is -1.88. The molecule has 23 heavy (non-hydrogen) atoms. The maximum absolute atomic E-state index is 12.6. The summed E-state index contributed by atoms with van der Waals surface area (Å²) in [7, 11) is 0. The van der Waals surface area contributed by atoms with Crippen LogP contribution in [0.1, 0.15) is 38.7 Å². The van der Waals surface area contributed by atoms with Gasteiger partial charge in [-0.25, -0.2) is 0 Å². The molecule has 1 fully saturated rings. The lowest BCUT2D eigenvalue weighted by molar-refractivity contribution is -0.122. The molecule has 5 heteroatoms. The van der Waals surface area contributed by atoms with Crippen LogP contribution in [-0.2, 0) is 19.7 Å². The highest BCUT2D eigenvalue weighted by molar-refractivity contribution is 6.07. The molecular formula is C18H24N2O3. The second kappa shape index (κ2) is 6.32. The molecule has 1 unspecified atom stereocenters. The van der Waals surface area contributed by atoms with Gasteiger partial charge < -0.3 is 15.0 Å². The molecule has 1 N–H and O–H groups in total. The van der Waals surface area contributed by atoms with Crippen molar-refractivity contribution >= 4 is 17.5 Å². The van der Waals surface area contributed by atoms with Crippen molar-refractivity contribution in [3.8, 4) is 0 Å². The van der Waals surface area contributed by atoms with E-state index in [1.165, 1.54) is 0 Å². The van der Waals surface area contributed by atoms with Crippen molar-refractivity contribution in [3.05, 3.63) is 29.8 Å². The van der Waals surface area contributed by atoms with Gasteiger partial charge in [0, 0.05) is 31.8 Å². The van der Waals surface area contributed by atoms with Crippen LogP contribution in [0.2, 0.25) is 0 Å². The summed E-state index contributed by atoms with van der Waals surface area (Å²) in [6.07, 6.45) is 2.52. The fourth-order valence-corrected chi connectivity index (χ4v) is 3.36. The van der Waals surface area contributed by atoms with Gasteiger partial charge in [-0.2, -0.15) is 0 Å². The van der Waals surface area contributed by atoms with Crippen molar-refractivity contribution < 1.29 is 14.3 Å². The van der Waals surface area contributed by atoms with Crippen molar-refractivity contribution in [2.24, 2.45) is 0 Å². The lowest BCUT2D eigenvalue weighted by atomic mass is 9.86. The van der Waals surface area contributed by atoms with Crippen LogP contribution in [-0.4, -0.2) is 37.6 Å². The van der Waals surface area contributed by atoms with E-state index in [4.69, 9.17) is 4.74 Å². The summed E-state index contributed by atoms with van der Waals surface area (Å²) in [4.78, 5) is 26.4. The van der Waals surface area contributed by atoms with Crippen LogP contribution in [0.5, 0.6) is 0 Å². The fourth-order valence-electron chi connectivity index (χ4n) is 3.36. The zero-order valence-electron chi connectivity index (χ0n) is 13.8. The number of nitrogens with zero attached hydrogens (tertiary/aromatic N) is 1. The molecule has 0 aliphatic carbocycles. The number of hydrogen-bond acceptors (Lipinski definition) is 3. The minimum atomic E-state index is -0.523. The number of nitrogens with one attached hydrogen (secondary N) is 1. The highest BCUT2D eigenvalue weighted by Crippen LogP contribution is 2.41. The van der Waals surface area contributed by atoms with Gasteiger partial charge in [0.2, 0.25) is 11.8 Å². The first-order chi connectivity index (χ1) is 11.0. The molecule has 1 atom stereocenters. The van der Waals surface area contributed by atoms with Crippen molar-refractivity contribution in [2.45, 2.75) is 44.6 Å². The molecule has 5 nitrogen and oxygen atoms in total. The van der Waals surface area contributed by atoms with Gasteiger partial charge in [0.1, 0.15) is 0 Å². The highest BCUT2D eigenvalue weighted by atomic mass is 16.5. The number of anilines is 1. The van der Waals surface area contributed by atoms with E-state index in [-0.39, 0.29) is 17.9 Å². The van der Waals surface area contributed by atoms with E-state index < -0.39 is 5.41 Å². The Morgan fingerprint density at radius 1 is 1.39 bits per heavy atom. The van der Waals surface area contributed by atoms with Gasteiger partial charge in [0.25, 0.3) is 0 Å². The molecule has 1 aromatic carbocycles. The van der Waals surface area contributed by atoms with Crippen LogP contribution in [0, 0.1) is 0 Å². The van der Waals surface area contributed by atoms with E-state index in [1.54, 1.807) is 4.90 Å². The van der Waals surface area contributed by atoms with Crippen molar-refractivity contribution in [3.63, 3.8) is 0 Å². The summed E-state index contributed by atoms with van der Waals surface area (Å²) in [6.45, 7) is 5.64. The summed E-state index contributed by atoms with van der Waals surface area (Å²) in [5.41, 5.74) is 1.43. The second-order valence-electron chi connectivity index (χ2n) is 6.79. The standard InChI is InChI=1S/C18H24N2O3/c1-18(2)14-7-3-4-8-15(14)20(17(18)22)10-9-16(21)19-12-13-6-5-11-23-13/h3-4,7-8,13H,5-6,9-12H2,1-2H3,(H,19,21). The van der Waals surface area contributed by atoms with Gasteiger partial charge in [0.15, 0.2) is 0 Å². The quantitative estimate of drug-likeness (QED) is 0.904. The zero-order chi connectivity index (χ0) is 16.4. The van der Waals surface area contributed by atoms with Crippen molar-refractivity contribution in [1.29, 1.82) is 0 Å². The molecule has 1 aromatic rings. The molecule has 0 radical (unpaired) electrons. The average Bonchev–Trinajstić information content (AvgIpc) is 3.12. The van der Waals surface area contributed by atoms with E-state index in [0.717, 1.165) is 30.7 Å². The Morgan fingerprint density at radius 2 is 2.17 bits per heavy atom. The first kappa shape index (κ1) is 16.0. The smallest absolute Gasteiger partial charge is 0.237 e. The van der Waals surface area contributed by atoms with Gasteiger partial charge in [-0.15, -0.1) is 0 Å². The number of benzene rings is 1. The van der Waals surface area contributed by atoms with E-state index in [0.29, 0.717) is 19.5 Å². The third kappa shape index (κ3) is 3.11. The number of carbonyl (C=O) groups excluding carboxylic acids is 2. The molecule has 124 valence electrons. The molecule has 2 heterocycles. The second-order valence-corrected chi connectivity index (χ2v) is 6.79. The first-order valence-electron chi connectivity index (χ1n) is 8.30. The molecule has 0 bridgehead atoms. The monoisotopic (exact) mass is 316 g/mol. The predicted octanol–water partition coefficient (Wildman–Crippen LogP) is 2.00. The van der Waals surface area contributed by atoms with E-state index in [2.05, 4.69) is 5.32 Å². The van der Waals surface area contributed by atoms with Gasteiger partial charge in [-0.3, -0.25) is 9.59 Å². The summed E-state index contributed by atoms with van der Waals surface area (Å²) in [5, 5.41) is 2.91. The van der Waals surface area contributed by atoms with E-state index in [9.17, 15) is 9.59 Å². The Bertz CT molecular complexity index is 606. The number of rotatable bonds is 5. The summed E-state index contributed by atoms with van der Waals surface area (Å²) in [5.74, 6) is 0.0288. The van der Waals surface area contributed by atoms with Crippen LogP contribution >= 0.6 is 0 Å². The zero-order valence-corrected chi connectivity index (χ0v) is 13.8. The van der Waals surface area contributed by atoms with Gasteiger partial charge in [0.05, 0.1) is 11.5 Å². The third-order valence-electron chi connectivity index (χ3n) is 4.76. The molecule has 3 rings (SSSR count). The molecule has 1 saturated heterocycles. The third-order valence-corrected chi connectivity index (χ3v) is 4.76. The number of hydrogen-bond donors (Lipinski definition) is 1. The van der Waals surface area contributed by atoms with Crippen molar-refractivity contribution in [2.75, 3.05) is 24.6 Å². The number of para-hydroxylation sites is 1. The van der Waals surface area contributed by atoms with Crippen LogP contribution in [0.3, 0.4) is 0 Å². The van der Waals surface area contributed by atoms with Crippen LogP contribution in [0.4, 0.5) is 5.69 Å². The Morgan fingerprint density at radius 3 is 2.91 bits per heavy atom. The molecule has 2 aliphatic rings. The lowest BCUT2D eigenvalue weighted by Crippen LogP contribution is -2.39. The van der Waals surface area contributed by atoms with Crippen molar-refractivity contribution in [1.82, 2.24) is 5.32 Å². The SMILES string of the molecule is CC1(C)C(=O)N(CCC(=O)NCC2CCCO2)c2ccccc21. The topological polar surface area (TPSA) is 58.6 Å². The average molecular weight is 316 g/mol. The van der Waals surface area contributed by atoms with E-state index >= 15 is 0 Å². The number of ether oxygens (including phenoxy) is 1. The summed E-state index contributed by atoms with van der Waals surface area (Å²) in [6, 6.07) is 7.82. The molecule has 2 aliphatic heterocycles. The van der Waals surface area contributed by atoms with Gasteiger partial charge in [-0.05, 0) is 38.3 Å². The summed E-state index contributed by atoms with van der Waals surface area (Å²) < 4.78 is 5.49. The Labute approximate surface area is 137 Å². The maximum Gasteiger partial charge on any atom is 0.237 e. The van der Waals surface area contributed by atoms with Crippen LogP contribution in [0.15, 0.2) is 24.3 Å². The predicted molar refractivity (Wildman–Crippen MR) is 88.4 cm³/mol.